The van der Waals surface area contributed by atoms with E-state index in [9.17, 15) is 0 Å². The highest BCUT2D eigenvalue weighted by molar-refractivity contribution is 9.10. The van der Waals surface area contributed by atoms with E-state index in [4.69, 9.17) is 9.47 Å². The molecule has 27 heavy (non-hydrogen) atoms. The predicted molar refractivity (Wildman–Crippen MR) is 115 cm³/mol. The van der Waals surface area contributed by atoms with Crippen molar-refractivity contribution >= 4 is 21.6 Å². The van der Waals surface area contributed by atoms with Crippen LogP contribution in [-0.2, 0) is 13.2 Å². The molecule has 0 aliphatic heterocycles. The molecular formula is C23H24BrNO2. The van der Waals surface area contributed by atoms with Crippen molar-refractivity contribution in [3.05, 3.63) is 87.9 Å². The molecule has 1 N–H and O–H groups in total. The minimum atomic E-state index is 0.500. The fraction of sp³-hybridized carbons (Fsp3) is 0.217. The number of benzene rings is 3. The van der Waals surface area contributed by atoms with Crippen molar-refractivity contribution in [1.29, 1.82) is 0 Å². The Balaban J connectivity index is 1.73. The first kappa shape index (κ1) is 19.3. The van der Waals surface area contributed by atoms with Gasteiger partial charge in [0.1, 0.15) is 6.61 Å². The quantitative estimate of drug-likeness (QED) is 0.456. The van der Waals surface area contributed by atoms with Crippen LogP contribution >= 0.6 is 15.9 Å². The van der Waals surface area contributed by atoms with Crippen LogP contribution in [0.1, 0.15) is 23.6 Å². The number of hydrogen-bond donors (Lipinski definition) is 1. The fourth-order valence-corrected chi connectivity index (χ4v) is 3.34. The molecule has 0 fully saturated rings. The zero-order valence-electron chi connectivity index (χ0n) is 15.7. The number of ether oxygens (including phenoxy) is 2. The lowest BCUT2D eigenvalue weighted by Crippen LogP contribution is -2.04. The van der Waals surface area contributed by atoms with E-state index in [0.29, 0.717) is 19.8 Å². The average molecular weight is 426 g/mol. The fourth-order valence-electron chi connectivity index (χ4n) is 2.73. The molecule has 0 amide bonds. The smallest absolute Gasteiger partial charge is 0.175 e. The second-order valence-corrected chi connectivity index (χ2v) is 7.19. The summed E-state index contributed by atoms with van der Waals surface area (Å²) in [6.07, 6.45) is 0. The first-order chi connectivity index (χ1) is 13.2. The Kier molecular flexibility index (Phi) is 6.77. The molecule has 0 spiro atoms. The van der Waals surface area contributed by atoms with E-state index in [1.165, 1.54) is 5.56 Å². The molecule has 0 aromatic heterocycles. The topological polar surface area (TPSA) is 30.5 Å². The molecule has 3 rings (SSSR count). The molecule has 0 atom stereocenters. The normalized spacial score (nSPS) is 10.5. The van der Waals surface area contributed by atoms with Crippen molar-refractivity contribution < 1.29 is 9.47 Å². The molecule has 140 valence electrons. The van der Waals surface area contributed by atoms with Gasteiger partial charge in [0.25, 0.3) is 0 Å². The monoisotopic (exact) mass is 425 g/mol. The summed E-state index contributed by atoms with van der Waals surface area (Å²) in [4.78, 5) is 0. The molecule has 3 aromatic rings. The highest BCUT2D eigenvalue weighted by Crippen LogP contribution is 2.37. The van der Waals surface area contributed by atoms with Crippen LogP contribution in [0.25, 0.3) is 0 Å². The third-order valence-corrected chi connectivity index (χ3v) is 4.73. The molecule has 4 heteroatoms. The highest BCUT2D eigenvalue weighted by Gasteiger charge is 2.13. The van der Waals surface area contributed by atoms with Gasteiger partial charge >= 0.3 is 0 Å². The van der Waals surface area contributed by atoms with Crippen molar-refractivity contribution in [3.63, 3.8) is 0 Å². The standard InChI is InChI=1S/C23H24BrNO2/c1-3-26-22-14-19(15-25-20-11-9-17(2)10-12-20)13-21(24)23(22)27-16-18-7-5-4-6-8-18/h4-14,25H,3,15-16H2,1-2H3. The van der Waals surface area contributed by atoms with Crippen LogP contribution in [0.2, 0.25) is 0 Å². The maximum atomic E-state index is 6.05. The Morgan fingerprint density at radius 2 is 1.63 bits per heavy atom. The van der Waals surface area contributed by atoms with Crippen LogP contribution in [0.5, 0.6) is 11.5 Å². The number of halogens is 1. The van der Waals surface area contributed by atoms with Gasteiger partial charge in [-0.1, -0.05) is 48.0 Å². The summed E-state index contributed by atoms with van der Waals surface area (Å²) < 4.78 is 12.8. The molecule has 0 saturated heterocycles. The van der Waals surface area contributed by atoms with E-state index in [1.54, 1.807) is 0 Å². The summed E-state index contributed by atoms with van der Waals surface area (Å²) in [6.45, 7) is 5.86. The lowest BCUT2D eigenvalue weighted by Gasteiger charge is -2.16. The van der Waals surface area contributed by atoms with Gasteiger partial charge in [-0.05, 0) is 65.2 Å². The van der Waals surface area contributed by atoms with Crippen molar-refractivity contribution in [2.24, 2.45) is 0 Å². The molecule has 0 saturated carbocycles. The van der Waals surface area contributed by atoms with E-state index in [-0.39, 0.29) is 0 Å². The molecule has 0 heterocycles. The maximum absolute atomic E-state index is 6.05. The van der Waals surface area contributed by atoms with Crippen LogP contribution in [-0.4, -0.2) is 6.61 Å². The summed E-state index contributed by atoms with van der Waals surface area (Å²) in [5.74, 6) is 1.49. The molecule has 0 radical (unpaired) electrons. The molecule has 0 aliphatic carbocycles. The van der Waals surface area contributed by atoms with E-state index in [2.05, 4.69) is 58.5 Å². The molecular weight excluding hydrogens is 402 g/mol. The molecule has 0 bridgehead atoms. The third-order valence-electron chi connectivity index (χ3n) is 4.14. The second kappa shape index (κ2) is 9.47. The minimum absolute atomic E-state index is 0.500. The summed E-state index contributed by atoms with van der Waals surface area (Å²) in [7, 11) is 0. The van der Waals surface area contributed by atoms with Crippen LogP contribution < -0.4 is 14.8 Å². The lowest BCUT2D eigenvalue weighted by atomic mass is 10.1. The average Bonchev–Trinajstić information content (AvgIpc) is 2.68. The Hall–Kier alpha value is -2.46. The van der Waals surface area contributed by atoms with E-state index in [0.717, 1.165) is 32.8 Å². The summed E-state index contributed by atoms with van der Waals surface area (Å²) in [6, 6.07) is 22.6. The molecule has 0 aliphatic rings. The third kappa shape index (κ3) is 5.51. The minimum Gasteiger partial charge on any atom is -0.490 e. The Morgan fingerprint density at radius 3 is 2.33 bits per heavy atom. The maximum Gasteiger partial charge on any atom is 0.175 e. The molecule has 0 unspecified atom stereocenters. The zero-order valence-corrected chi connectivity index (χ0v) is 17.3. The Bertz CT molecular complexity index is 864. The lowest BCUT2D eigenvalue weighted by molar-refractivity contribution is 0.267. The van der Waals surface area contributed by atoms with Gasteiger partial charge in [-0.25, -0.2) is 0 Å². The van der Waals surface area contributed by atoms with Crippen molar-refractivity contribution in [1.82, 2.24) is 0 Å². The summed E-state index contributed by atoms with van der Waals surface area (Å²) >= 11 is 3.64. The first-order valence-electron chi connectivity index (χ1n) is 9.08. The van der Waals surface area contributed by atoms with Gasteiger partial charge < -0.3 is 14.8 Å². The van der Waals surface area contributed by atoms with Crippen molar-refractivity contribution in [3.8, 4) is 11.5 Å². The summed E-state index contributed by atoms with van der Waals surface area (Å²) in [5.41, 5.74) is 4.59. The van der Waals surface area contributed by atoms with Gasteiger partial charge in [-0.2, -0.15) is 0 Å². The molecule has 3 nitrogen and oxygen atoms in total. The highest BCUT2D eigenvalue weighted by atomic mass is 79.9. The van der Waals surface area contributed by atoms with Crippen molar-refractivity contribution in [2.45, 2.75) is 27.0 Å². The van der Waals surface area contributed by atoms with Gasteiger partial charge in [0, 0.05) is 12.2 Å². The number of aryl methyl sites for hydroxylation is 1. The number of hydrogen-bond acceptors (Lipinski definition) is 3. The first-order valence-corrected chi connectivity index (χ1v) is 9.87. The van der Waals surface area contributed by atoms with Crippen LogP contribution in [0.15, 0.2) is 71.2 Å². The summed E-state index contributed by atoms with van der Waals surface area (Å²) in [5, 5.41) is 3.44. The van der Waals surface area contributed by atoms with E-state index >= 15 is 0 Å². The van der Waals surface area contributed by atoms with Gasteiger partial charge in [-0.15, -0.1) is 0 Å². The number of anilines is 1. The van der Waals surface area contributed by atoms with E-state index in [1.807, 2.05) is 43.3 Å². The Labute approximate surface area is 169 Å². The van der Waals surface area contributed by atoms with E-state index < -0.39 is 0 Å². The van der Waals surface area contributed by atoms with Gasteiger partial charge in [0.15, 0.2) is 11.5 Å². The zero-order chi connectivity index (χ0) is 19.1. The van der Waals surface area contributed by atoms with Crippen LogP contribution in [0.3, 0.4) is 0 Å². The van der Waals surface area contributed by atoms with Gasteiger partial charge in [0.05, 0.1) is 11.1 Å². The largest absolute Gasteiger partial charge is 0.490 e. The van der Waals surface area contributed by atoms with Crippen LogP contribution in [0.4, 0.5) is 5.69 Å². The SMILES string of the molecule is CCOc1cc(CNc2ccc(C)cc2)cc(Br)c1OCc1ccccc1. The molecule has 3 aromatic carbocycles. The van der Waals surface area contributed by atoms with Crippen LogP contribution in [0, 0.1) is 6.92 Å². The van der Waals surface area contributed by atoms with Gasteiger partial charge in [-0.3, -0.25) is 0 Å². The number of nitrogens with one attached hydrogen (secondary N) is 1. The number of rotatable bonds is 8. The van der Waals surface area contributed by atoms with Crippen molar-refractivity contribution in [2.75, 3.05) is 11.9 Å². The second-order valence-electron chi connectivity index (χ2n) is 6.33. The Morgan fingerprint density at radius 1 is 0.889 bits per heavy atom. The van der Waals surface area contributed by atoms with Gasteiger partial charge in [0.2, 0.25) is 0 Å². The predicted octanol–water partition coefficient (Wildman–Crippen LogP) is 6.35.